The molecule has 62 valence electrons. The SMILES string of the molecule is NC1C(=O)CC2CCCCN21. The summed E-state index contributed by atoms with van der Waals surface area (Å²) in [5.74, 6) is 0.233. The minimum Gasteiger partial charge on any atom is -0.309 e. The fourth-order valence-electron chi connectivity index (χ4n) is 2.15. The van der Waals surface area contributed by atoms with Crippen molar-refractivity contribution in [3.05, 3.63) is 0 Å². The van der Waals surface area contributed by atoms with Gasteiger partial charge >= 0.3 is 0 Å². The van der Waals surface area contributed by atoms with Gasteiger partial charge in [0.1, 0.15) is 6.17 Å². The normalized spacial score (nSPS) is 39.2. The van der Waals surface area contributed by atoms with Crippen molar-refractivity contribution in [2.45, 2.75) is 37.9 Å². The van der Waals surface area contributed by atoms with E-state index in [4.69, 9.17) is 5.73 Å². The summed E-state index contributed by atoms with van der Waals surface area (Å²) in [6.07, 6.45) is 4.06. The second-order valence-electron chi connectivity index (χ2n) is 3.50. The van der Waals surface area contributed by atoms with Crippen LogP contribution in [0.4, 0.5) is 0 Å². The first-order valence-corrected chi connectivity index (χ1v) is 4.33. The molecule has 0 radical (unpaired) electrons. The van der Waals surface area contributed by atoms with Gasteiger partial charge in [0.2, 0.25) is 0 Å². The van der Waals surface area contributed by atoms with Crippen molar-refractivity contribution >= 4 is 5.78 Å². The summed E-state index contributed by atoms with van der Waals surface area (Å²) in [4.78, 5) is 13.3. The molecule has 2 unspecified atom stereocenters. The van der Waals surface area contributed by atoms with Gasteiger partial charge in [-0.1, -0.05) is 6.42 Å². The van der Waals surface area contributed by atoms with E-state index in [2.05, 4.69) is 4.90 Å². The molecule has 3 heteroatoms. The molecule has 2 N–H and O–H groups in total. The smallest absolute Gasteiger partial charge is 0.165 e. The Morgan fingerprint density at radius 2 is 2.27 bits per heavy atom. The Hall–Kier alpha value is -0.410. The van der Waals surface area contributed by atoms with Crippen molar-refractivity contribution in [3.63, 3.8) is 0 Å². The summed E-state index contributed by atoms with van der Waals surface area (Å²) < 4.78 is 0. The maximum Gasteiger partial charge on any atom is 0.165 e. The molecule has 0 aliphatic carbocycles. The molecule has 2 fully saturated rings. The zero-order chi connectivity index (χ0) is 7.84. The average Bonchev–Trinajstić information content (AvgIpc) is 2.30. The molecule has 11 heavy (non-hydrogen) atoms. The molecular formula is C8H14N2O. The van der Waals surface area contributed by atoms with E-state index in [1.807, 2.05) is 0 Å². The van der Waals surface area contributed by atoms with Crippen LogP contribution in [0.1, 0.15) is 25.7 Å². The molecule has 2 rings (SSSR count). The predicted octanol–water partition coefficient (Wildman–Crippen LogP) is 0.0985. The van der Waals surface area contributed by atoms with Crippen LogP contribution < -0.4 is 5.73 Å². The van der Waals surface area contributed by atoms with Crippen LogP contribution in [-0.4, -0.2) is 29.4 Å². The Morgan fingerprint density at radius 1 is 1.45 bits per heavy atom. The number of hydrogen-bond donors (Lipinski definition) is 1. The number of ketones is 1. The molecule has 2 aliphatic heterocycles. The van der Waals surface area contributed by atoms with Gasteiger partial charge in [-0.2, -0.15) is 0 Å². The van der Waals surface area contributed by atoms with Gasteiger partial charge in [0.05, 0.1) is 0 Å². The Kier molecular flexibility index (Phi) is 1.69. The van der Waals surface area contributed by atoms with Crippen LogP contribution in [0, 0.1) is 0 Å². The van der Waals surface area contributed by atoms with Crippen molar-refractivity contribution in [1.29, 1.82) is 0 Å². The monoisotopic (exact) mass is 154 g/mol. The molecule has 0 aromatic heterocycles. The summed E-state index contributed by atoms with van der Waals surface area (Å²) in [6, 6.07) is 0.478. The lowest BCUT2D eigenvalue weighted by atomic mass is 10.0. The highest BCUT2D eigenvalue weighted by atomic mass is 16.1. The predicted molar refractivity (Wildman–Crippen MR) is 41.9 cm³/mol. The number of nitrogens with two attached hydrogens (primary N) is 1. The summed E-state index contributed by atoms with van der Waals surface area (Å²) in [7, 11) is 0. The zero-order valence-electron chi connectivity index (χ0n) is 6.62. The molecule has 0 aromatic carbocycles. The van der Waals surface area contributed by atoms with Gasteiger partial charge in [-0.05, 0) is 12.8 Å². The maximum absolute atomic E-state index is 11.2. The van der Waals surface area contributed by atoms with Gasteiger partial charge in [-0.25, -0.2) is 0 Å². The number of hydrogen-bond acceptors (Lipinski definition) is 3. The van der Waals surface area contributed by atoms with Gasteiger partial charge in [-0.3, -0.25) is 9.69 Å². The lowest BCUT2D eigenvalue weighted by Gasteiger charge is -2.30. The number of fused-ring (bicyclic) bond motifs is 1. The first-order valence-electron chi connectivity index (χ1n) is 4.33. The number of carbonyl (C=O) groups is 1. The quantitative estimate of drug-likeness (QED) is 0.538. The minimum absolute atomic E-state index is 0.233. The molecule has 0 aromatic rings. The molecule has 2 heterocycles. The fraction of sp³-hybridized carbons (Fsp3) is 0.875. The van der Waals surface area contributed by atoms with E-state index in [1.54, 1.807) is 0 Å². The van der Waals surface area contributed by atoms with E-state index in [0.29, 0.717) is 12.5 Å². The van der Waals surface area contributed by atoms with Crippen molar-refractivity contribution in [3.8, 4) is 0 Å². The lowest BCUT2D eigenvalue weighted by molar-refractivity contribution is -0.119. The highest BCUT2D eigenvalue weighted by molar-refractivity contribution is 5.86. The van der Waals surface area contributed by atoms with Crippen LogP contribution in [0.25, 0.3) is 0 Å². The van der Waals surface area contributed by atoms with E-state index in [1.165, 1.54) is 19.3 Å². The fourth-order valence-corrected chi connectivity index (χ4v) is 2.15. The molecular weight excluding hydrogens is 140 g/mol. The van der Waals surface area contributed by atoms with Gasteiger partial charge in [0.15, 0.2) is 5.78 Å². The molecule has 0 saturated carbocycles. The second kappa shape index (κ2) is 2.57. The van der Waals surface area contributed by atoms with Crippen LogP contribution in [0.15, 0.2) is 0 Å². The Bertz CT molecular complexity index is 181. The third kappa shape index (κ3) is 1.08. The van der Waals surface area contributed by atoms with Crippen LogP contribution in [0.5, 0.6) is 0 Å². The van der Waals surface area contributed by atoms with Crippen molar-refractivity contribution in [2.24, 2.45) is 5.73 Å². The Morgan fingerprint density at radius 3 is 3.00 bits per heavy atom. The zero-order valence-corrected chi connectivity index (χ0v) is 6.62. The van der Waals surface area contributed by atoms with Gasteiger partial charge in [-0.15, -0.1) is 0 Å². The first kappa shape index (κ1) is 7.25. The maximum atomic E-state index is 11.2. The van der Waals surface area contributed by atoms with Crippen LogP contribution in [0.3, 0.4) is 0 Å². The Balaban J connectivity index is 2.11. The minimum atomic E-state index is -0.278. The van der Waals surface area contributed by atoms with Gasteiger partial charge in [0, 0.05) is 19.0 Å². The van der Waals surface area contributed by atoms with Crippen LogP contribution in [-0.2, 0) is 4.79 Å². The highest BCUT2D eigenvalue weighted by Gasteiger charge is 2.38. The van der Waals surface area contributed by atoms with Crippen molar-refractivity contribution in [2.75, 3.05) is 6.54 Å². The standard InChI is InChI=1S/C8H14N2O/c9-8-7(11)5-6-3-1-2-4-10(6)8/h6,8H,1-5,9H2. The molecule has 2 atom stereocenters. The molecule has 0 spiro atoms. The van der Waals surface area contributed by atoms with Gasteiger partial charge < -0.3 is 5.73 Å². The third-order valence-corrected chi connectivity index (χ3v) is 2.80. The van der Waals surface area contributed by atoms with Crippen LogP contribution >= 0.6 is 0 Å². The largest absolute Gasteiger partial charge is 0.309 e. The second-order valence-corrected chi connectivity index (χ2v) is 3.50. The number of carbonyl (C=O) groups excluding carboxylic acids is 1. The number of piperidine rings is 1. The average molecular weight is 154 g/mol. The van der Waals surface area contributed by atoms with E-state index in [0.717, 1.165) is 6.54 Å². The van der Waals surface area contributed by atoms with E-state index in [-0.39, 0.29) is 11.9 Å². The Labute approximate surface area is 66.5 Å². The lowest BCUT2D eigenvalue weighted by Crippen LogP contribution is -2.45. The van der Waals surface area contributed by atoms with E-state index >= 15 is 0 Å². The number of nitrogens with zero attached hydrogens (tertiary/aromatic N) is 1. The highest BCUT2D eigenvalue weighted by Crippen LogP contribution is 2.26. The first-order chi connectivity index (χ1) is 5.29. The summed E-state index contributed by atoms with van der Waals surface area (Å²) in [5.41, 5.74) is 5.71. The van der Waals surface area contributed by atoms with Crippen molar-refractivity contribution in [1.82, 2.24) is 4.90 Å². The topological polar surface area (TPSA) is 46.3 Å². The van der Waals surface area contributed by atoms with Crippen molar-refractivity contribution < 1.29 is 4.79 Å². The van der Waals surface area contributed by atoms with E-state index in [9.17, 15) is 4.79 Å². The molecule has 0 amide bonds. The molecule has 3 nitrogen and oxygen atoms in total. The molecule has 2 saturated heterocycles. The number of Topliss-reactive ketones (excluding diaryl/α,β-unsaturated/α-hetero) is 1. The summed E-state index contributed by atoms with van der Waals surface area (Å²) >= 11 is 0. The van der Waals surface area contributed by atoms with Gasteiger partial charge in [0.25, 0.3) is 0 Å². The summed E-state index contributed by atoms with van der Waals surface area (Å²) in [5, 5.41) is 0. The summed E-state index contributed by atoms with van der Waals surface area (Å²) in [6.45, 7) is 1.03. The third-order valence-electron chi connectivity index (χ3n) is 2.80. The van der Waals surface area contributed by atoms with E-state index < -0.39 is 0 Å². The van der Waals surface area contributed by atoms with Crippen LogP contribution in [0.2, 0.25) is 0 Å². The number of rotatable bonds is 0. The molecule has 2 aliphatic rings. The molecule has 0 bridgehead atoms.